The average Bonchev–Trinajstić information content (AvgIpc) is 2.74. The van der Waals surface area contributed by atoms with Crippen molar-refractivity contribution in [1.82, 2.24) is 4.90 Å². The number of likely N-dealkylation sites (tertiary alicyclic amines) is 1. The number of methoxy groups -OCH3 is 1. The molecule has 2 atom stereocenters. The maximum atomic E-state index is 11.0. The van der Waals surface area contributed by atoms with Crippen molar-refractivity contribution in [3.63, 3.8) is 0 Å². The van der Waals surface area contributed by atoms with E-state index in [1.54, 1.807) is 12.0 Å². The Morgan fingerprint density at radius 1 is 1.21 bits per heavy atom. The van der Waals surface area contributed by atoms with Crippen LogP contribution in [0.3, 0.4) is 0 Å². The molecule has 0 aromatic rings. The van der Waals surface area contributed by atoms with Gasteiger partial charge >= 0.3 is 5.97 Å². The largest absolute Gasteiger partial charge is 0.480 e. The van der Waals surface area contributed by atoms with E-state index in [9.17, 15) is 9.90 Å². The smallest absolute Gasteiger partial charge is 0.321 e. The van der Waals surface area contributed by atoms with Crippen molar-refractivity contribution >= 4 is 5.97 Å². The van der Waals surface area contributed by atoms with Crippen LogP contribution in [0.1, 0.15) is 6.42 Å². The number of carboxylic acids is 1. The third-order valence-corrected chi connectivity index (χ3v) is 2.99. The Bertz CT molecular complexity index is 263. The molecule has 7 heteroatoms. The Balaban J connectivity index is 2.04. The minimum atomic E-state index is -0.889. The van der Waals surface area contributed by atoms with Crippen LogP contribution < -0.4 is 0 Å². The minimum Gasteiger partial charge on any atom is -0.480 e. The minimum absolute atomic E-state index is 0.287. The van der Waals surface area contributed by atoms with Crippen molar-refractivity contribution in [3.8, 4) is 0 Å². The van der Waals surface area contributed by atoms with Gasteiger partial charge in [-0.1, -0.05) is 0 Å². The zero-order valence-electron chi connectivity index (χ0n) is 11.3. The van der Waals surface area contributed by atoms with Gasteiger partial charge < -0.3 is 24.4 Å². The van der Waals surface area contributed by atoms with Crippen LogP contribution in [0, 0.1) is 0 Å². The third-order valence-electron chi connectivity index (χ3n) is 2.99. The maximum Gasteiger partial charge on any atom is 0.321 e. The summed E-state index contributed by atoms with van der Waals surface area (Å²) in [5.41, 5.74) is 0. The standard InChI is InChI=1S/C12H23NO6/c1-17-4-5-19-7-6-18-3-2-13-9-10(14)8-11(13)12(15)16/h10-11,14H,2-9H2,1H3,(H,15,16). The molecule has 2 N–H and O–H groups in total. The van der Waals surface area contributed by atoms with Crippen LogP contribution in [-0.2, 0) is 19.0 Å². The normalized spacial score (nSPS) is 23.9. The number of aliphatic hydroxyl groups is 1. The van der Waals surface area contributed by atoms with Gasteiger partial charge in [-0.15, -0.1) is 0 Å². The molecule has 1 rings (SSSR count). The van der Waals surface area contributed by atoms with Gasteiger partial charge in [0.25, 0.3) is 0 Å². The molecule has 112 valence electrons. The van der Waals surface area contributed by atoms with Gasteiger partial charge in [0.2, 0.25) is 0 Å². The summed E-state index contributed by atoms with van der Waals surface area (Å²) in [4.78, 5) is 12.7. The van der Waals surface area contributed by atoms with Crippen molar-refractivity contribution in [3.05, 3.63) is 0 Å². The van der Waals surface area contributed by atoms with E-state index < -0.39 is 18.1 Å². The molecule has 0 spiro atoms. The number of carboxylic acid groups (broad SMARTS) is 1. The first-order valence-corrected chi connectivity index (χ1v) is 6.44. The van der Waals surface area contributed by atoms with Crippen LogP contribution in [-0.4, -0.2) is 86.5 Å². The molecule has 1 aliphatic heterocycles. The molecule has 0 amide bonds. The highest BCUT2D eigenvalue weighted by molar-refractivity contribution is 5.74. The molecule has 0 bridgehead atoms. The highest BCUT2D eigenvalue weighted by Gasteiger charge is 2.35. The van der Waals surface area contributed by atoms with Crippen LogP contribution in [0.15, 0.2) is 0 Å². The number of ether oxygens (including phenoxy) is 3. The van der Waals surface area contributed by atoms with E-state index in [-0.39, 0.29) is 6.42 Å². The summed E-state index contributed by atoms with van der Waals surface area (Å²) in [7, 11) is 1.61. The van der Waals surface area contributed by atoms with E-state index in [1.807, 2.05) is 0 Å². The fraction of sp³-hybridized carbons (Fsp3) is 0.917. The molecule has 0 saturated carbocycles. The van der Waals surface area contributed by atoms with Crippen LogP contribution in [0.5, 0.6) is 0 Å². The summed E-state index contributed by atoms with van der Waals surface area (Å²) in [5.74, 6) is -0.889. The van der Waals surface area contributed by atoms with Gasteiger partial charge in [-0.2, -0.15) is 0 Å². The summed E-state index contributed by atoms with van der Waals surface area (Å²) in [6.07, 6.45) is -0.270. The average molecular weight is 277 g/mol. The Hall–Kier alpha value is -0.730. The first kappa shape index (κ1) is 16.3. The van der Waals surface area contributed by atoms with Gasteiger partial charge in [0, 0.05) is 26.6 Å². The van der Waals surface area contributed by atoms with Gasteiger partial charge in [-0.05, 0) is 0 Å². The first-order chi connectivity index (χ1) is 9.15. The summed E-state index contributed by atoms with van der Waals surface area (Å²) in [6.45, 7) is 3.40. The number of aliphatic hydroxyl groups excluding tert-OH is 1. The van der Waals surface area contributed by atoms with Gasteiger partial charge in [-0.25, -0.2) is 0 Å². The number of aliphatic carboxylic acids is 1. The van der Waals surface area contributed by atoms with Crippen molar-refractivity contribution in [2.45, 2.75) is 18.6 Å². The molecular weight excluding hydrogens is 254 g/mol. The molecule has 1 saturated heterocycles. The van der Waals surface area contributed by atoms with Crippen LogP contribution in [0.25, 0.3) is 0 Å². The Labute approximate surface area is 113 Å². The number of β-amino-alcohol motifs (C(OH)–C–C–N with tert-alkyl or cyclic N) is 1. The van der Waals surface area contributed by atoms with Crippen molar-refractivity contribution < 1.29 is 29.2 Å². The van der Waals surface area contributed by atoms with E-state index in [2.05, 4.69) is 0 Å². The molecule has 0 radical (unpaired) electrons. The van der Waals surface area contributed by atoms with E-state index in [0.717, 1.165) is 0 Å². The molecule has 7 nitrogen and oxygen atoms in total. The molecule has 1 fully saturated rings. The number of hydrogen-bond acceptors (Lipinski definition) is 6. The van der Waals surface area contributed by atoms with Gasteiger partial charge in [-0.3, -0.25) is 9.69 Å². The van der Waals surface area contributed by atoms with E-state index in [4.69, 9.17) is 19.3 Å². The van der Waals surface area contributed by atoms with Crippen molar-refractivity contribution in [2.24, 2.45) is 0 Å². The molecule has 2 unspecified atom stereocenters. The lowest BCUT2D eigenvalue weighted by atomic mass is 10.2. The van der Waals surface area contributed by atoms with Crippen molar-refractivity contribution in [1.29, 1.82) is 0 Å². The molecule has 1 heterocycles. The molecule has 0 aromatic carbocycles. The Morgan fingerprint density at radius 3 is 2.47 bits per heavy atom. The second kappa shape index (κ2) is 9.22. The van der Waals surface area contributed by atoms with E-state index >= 15 is 0 Å². The van der Waals surface area contributed by atoms with Crippen LogP contribution in [0.2, 0.25) is 0 Å². The van der Waals surface area contributed by atoms with Crippen molar-refractivity contribution in [2.75, 3.05) is 53.2 Å². The number of nitrogens with zero attached hydrogens (tertiary/aromatic N) is 1. The highest BCUT2D eigenvalue weighted by atomic mass is 16.5. The second-order valence-corrected chi connectivity index (χ2v) is 4.46. The summed E-state index contributed by atoms with van der Waals surface area (Å²) in [6, 6.07) is -0.600. The molecule has 0 aromatic heterocycles. The zero-order valence-corrected chi connectivity index (χ0v) is 11.3. The number of rotatable bonds is 10. The van der Waals surface area contributed by atoms with Crippen LogP contribution in [0.4, 0.5) is 0 Å². The van der Waals surface area contributed by atoms with E-state index in [0.29, 0.717) is 46.1 Å². The molecule has 0 aliphatic carbocycles. The second-order valence-electron chi connectivity index (χ2n) is 4.46. The third kappa shape index (κ3) is 6.31. The summed E-state index contributed by atoms with van der Waals surface area (Å²) in [5, 5.41) is 18.5. The summed E-state index contributed by atoms with van der Waals surface area (Å²) >= 11 is 0. The monoisotopic (exact) mass is 277 g/mol. The van der Waals surface area contributed by atoms with Gasteiger partial charge in [0.1, 0.15) is 6.04 Å². The zero-order chi connectivity index (χ0) is 14.1. The fourth-order valence-corrected chi connectivity index (χ4v) is 2.03. The lowest BCUT2D eigenvalue weighted by molar-refractivity contribution is -0.142. The lowest BCUT2D eigenvalue weighted by Gasteiger charge is -2.20. The molecule has 19 heavy (non-hydrogen) atoms. The Kier molecular flexibility index (Phi) is 7.92. The summed E-state index contributed by atoms with van der Waals surface area (Å²) < 4.78 is 15.4. The van der Waals surface area contributed by atoms with Crippen LogP contribution >= 0.6 is 0 Å². The molecular formula is C12H23NO6. The topological polar surface area (TPSA) is 88.5 Å². The molecule has 1 aliphatic rings. The number of hydrogen-bond donors (Lipinski definition) is 2. The number of carbonyl (C=O) groups is 1. The quantitative estimate of drug-likeness (QED) is 0.505. The predicted octanol–water partition coefficient (Wildman–Crippen LogP) is -0.814. The Morgan fingerprint density at radius 2 is 1.84 bits per heavy atom. The first-order valence-electron chi connectivity index (χ1n) is 6.44. The predicted molar refractivity (Wildman–Crippen MR) is 67.1 cm³/mol. The van der Waals surface area contributed by atoms with Gasteiger partial charge in [0.05, 0.1) is 39.1 Å². The lowest BCUT2D eigenvalue weighted by Crippen LogP contribution is -2.38. The SMILES string of the molecule is COCCOCCOCCN1CC(O)CC1C(=O)O. The maximum absolute atomic E-state index is 11.0. The van der Waals surface area contributed by atoms with Gasteiger partial charge in [0.15, 0.2) is 0 Å². The fourth-order valence-electron chi connectivity index (χ4n) is 2.03. The highest BCUT2D eigenvalue weighted by Crippen LogP contribution is 2.17. The van der Waals surface area contributed by atoms with E-state index in [1.165, 1.54) is 0 Å².